The normalized spacial score (nSPS) is 14.1. The van der Waals surface area contributed by atoms with Crippen LogP contribution in [0.3, 0.4) is 0 Å². The first-order valence-corrected chi connectivity index (χ1v) is 6.73. The van der Waals surface area contributed by atoms with E-state index >= 15 is 0 Å². The van der Waals surface area contributed by atoms with Crippen molar-refractivity contribution in [2.24, 2.45) is 0 Å². The molecule has 0 rings (SSSR count). The van der Waals surface area contributed by atoms with Crippen LogP contribution in [-0.4, -0.2) is 20.0 Å². The molecule has 0 radical (unpaired) electrons. The van der Waals surface area contributed by atoms with Crippen LogP contribution >= 0.6 is 61.4 Å². The van der Waals surface area contributed by atoms with E-state index in [0.717, 1.165) is 10.2 Å². The molecule has 0 fully saturated rings. The van der Waals surface area contributed by atoms with Gasteiger partial charge < -0.3 is 0 Å². The standard InChI is InChI=1S/C5H12S5/c1-4(8)5(9-2-6)10-3-7/h4-8H,2-3H2,1H3. The highest BCUT2D eigenvalue weighted by atomic mass is 32.2. The predicted molar refractivity (Wildman–Crippen MR) is 65.1 cm³/mol. The van der Waals surface area contributed by atoms with Crippen molar-refractivity contribution in [3.05, 3.63) is 0 Å². The zero-order valence-electron chi connectivity index (χ0n) is 5.73. The fourth-order valence-corrected chi connectivity index (χ4v) is 4.20. The van der Waals surface area contributed by atoms with E-state index in [1.54, 1.807) is 0 Å². The SMILES string of the molecule is CC(S)C(SCS)SCS. The lowest BCUT2D eigenvalue weighted by molar-refractivity contribution is 1.10. The van der Waals surface area contributed by atoms with Crippen molar-refractivity contribution in [1.29, 1.82) is 0 Å². The zero-order valence-corrected chi connectivity index (χ0v) is 10.0. The molecule has 1 unspecified atom stereocenters. The van der Waals surface area contributed by atoms with Crippen molar-refractivity contribution in [3.63, 3.8) is 0 Å². The van der Waals surface area contributed by atoms with Gasteiger partial charge in [-0.3, -0.25) is 0 Å². The second-order valence-electron chi connectivity index (χ2n) is 1.70. The monoisotopic (exact) mass is 232 g/mol. The highest BCUT2D eigenvalue weighted by Gasteiger charge is 2.12. The topological polar surface area (TPSA) is 0 Å². The maximum Gasteiger partial charge on any atom is 0.0632 e. The first-order valence-electron chi connectivity index (χ1n) is 2.85. The molecule has 0 aliphatic rings. The molecule has 0 aromatic heterocycles. The number of hydrogen-bond donors (Lipinski definition) is 3. The van der Waals surface area contributed by atoms with E-state index < -0.39 is 0 Å². The number of thioether (sulfide) groups is 2. The van der Waals surface area contributed by atoms with Gasteiger partial charge in [0.1, 0.15) is 0 Å². The molecule has 0 amide bonds. The van der Waals surface area contributed by atoms with Crippen LogP contribution < -0.4 is 0 Å². The molecule has 0 aliphatic heterocycles. The van der Waals surface area contributed by atoms with Crippen molar-refractivity contribution in [2.75, 3.05) is 10.2 Å². The molecule has 0 heterocycles. The summed E-state index contributed by atoms with van der Waals surface area (Å²) in [5, 5.41) is 2.13. The van der Waals surface area contributed by atoms with Crippen LogP contribution in [0.5, 0.6) is 0 Å². The van der Waals surface area contributed by atoms with Crippen molar-refractivity contribution in [3.8, 4) is 0 Å². The van der Waals surface area contributed by atoms with Gasteiger partial charge in [-0.2, -0.15) is 37.9 Å². The molecule has 1 atom stereocenters. The Morgan fingerprint density at radius 1 is 1.20 bits per heavy atom. The lowest BCUT2D eigenvalue weighted by atomic mass is 10.5. The summed E-state index contributed by atoms with van der Waals surface area (Å²) >= 11 is 16.2. The third-order valence-corrected chi connectivity index (χ3v) is 5.06. The highest BCUT2D eigenvalue weighted by Crippen LogP contribution is 2.30. The molecule has 0 aromatic rings. The Bertz CT molecular complexity index is 68.4. The Morgan fingerprint density at radius 2 is 1.60 bits per heavy atom. The van der Waals surface area contributed by atoms with Crippen LogP contribution in [-0.2, 0) is 0 Å². The third kappa shape index (κ3) is 5.41. The van der Waals surface area contributed by atoms with Gasteiger partial charge in [-0.15, -0.1) is 23.5 Å². The molecule has 10 heavy (non-hydrogen) atoms. The van der Waals surface area contributed by atoms with Gasteiger partial charge in [0.15, 0.2) is 0 Å². The van der Waals surface area contributed by atoms with Crippen molar-refractivity contribution < 1.29 is 0 Å². The van der Waals surface area contributed by atoms with Crippen LogP contribution in [0, 0.1) is 0 Å². The Labute approximate surface area is 87.9 Å². The van der Waals surface area contributed by atoms with Crippen molar-refractivity contribution in [1.82, 2.24) is 0 Å². The number of rotatable bonds is 5. The fourth-order valence-electron chi connectivity index (χ4n) is 0.474. The fraction of sp³-hybridized carbons (Fsp3) is 1.00. The molecule has 0 aromatic carbocycles. The summed E-state index contributed by atoms with van der Waals surface area (Å²) in [5.74, 6) is 0. The summed E-state index contributed by atoms with van der Waals surface area (Å²) in [4.78, 5) is 0. The van der Waals surface area contributed by atoms with Gasteiger partial charge in [-0.1, -0.05) is 6.92 Å². The molecular formula is C5H12S5. The second kappa shape index (κ2) is 7.40. The summed E-state index contributed by atoms with van der Waals surface area (Å²) in [5.41, 5.74) is 0. The van der Waals surface area contributed by atoms with Crippen LogP contribution in [0.1, 0.15) is 6.92 Å². The summed E-state index contributed by atoms with van der Waals surface area (Å²) in [7, 11) is 0. The molecule has 0 bridgehead atoms. The average molecular weight is 232 g/mol. The third-order valence-electron chi connectivity index (χ3n) is 0.871. The molecule has 0 nitrogen and oxygen atoms in total. The molecule has 62 valence electrons. The van der Waals surface area contributed by atoms with E-state index in [4.69, 9.17) is 0 Å². The largest absolute Gasteiger partial charge is 0.174 e. The highest BCUT2D eigenvalue weighted by molar-refractivity contribution is 8.23. The smallest absolute Gasteiger partial charge is 0.0632 e. The summed E-state index contributed by atoms with van der Waals surface area (Å²) in [6.45, 7) is 2.10. The molecule has 0 N–H and O–H groups in total. The molecule has 0 spiro atoms. The van der Waals surface area contributed by atoms with Gasteiger partial charge in [0, 0.05) is 15.4 Å². The summed E-state index contributed by atoms with van der Waals surface area (Å²) < 4.78 is 0.526. The second-order valence-corrected chi connectivity index (χ2v) is 6.56. The quantitative estimate of drug-likeness (QED) is 0.493. The van der Waals surface area contributed by atoms with Crippen LogP contribution in [0.2, 0.25) is 0 Å². The van der Waals surface area contributed by atoms with E-state index in [-0.39, 0.29) is 0 Å². The summed E-state index contributed by atoms with van der Waals surface area (Å²) in [6.07, 6.45) is 0. The van der Waals surface area contributed by atoms with Crippen molar-refractivity contribution >= 4 is 61.4 Å². The Kier molecular flexibility index (Phi) is 8.70. The maximum atomic E-state index is 4.35. The van der Waals surface area contributed by atoms with Crippen molar-refractivity contribution in [2.45, 2.75) is 16.8 Å². The van der Waals surface area contributed by atoms with Gasteiger partial charge in [0.25, 0.3) is 0 Å². The van der Waals surface area contributed by atoms with E-state index in [1.165, 1.54) is 0 Å². The van der Waals surface area contributed by atoms with E-state index in [2.05, 4.69) is 44.8 Å². The minimum atomic E-state index is 0.411. The Morgan fingerprint density at radius 3 is 1.80 bits per heavy atom. The Balaban J connectivity index is 3.50. The number of hydrogen-bond acceptors (Lipinski definition) is 5. The molecule has 5 heteroatoms. The van der Waals surface area contributed by atoms with Crippen LogP contribution in [0.25, 0.3) is 0 Å². The van der Waals surface area contributed by atoms with E-state index in [9.17, 15) is 0 Å². The minimum Gasteiger partial charge on any atom is -0.174 e. The van der Waals surface area contributed by atoms with Gasteiger partial charge in [0.05, 0.1) is 4.58 Å². The first kappa shape index (κ1) is 11.8. The Hall–Kier alpha value is 1.75. The molecule has 0 aliphatic carbocycles. The molecule has 0 saturated heterocycles. The minimum absolute atomic E-state index is 0.411. The van der Waals surface area contributed by atoms with E-state index in [1.807, 2.05) is 23.5 Å². The van der Waals surface area contributed by atoms with Gasteiger partial charge in [-0.25, -0.2) is 0 Å². The predicted octanol–water partition coefficient (Wildman–Crippen LogP) is 2.87. The zero-order chi connectivity index (χ0) is 7.98. The van der Waals surface area contributed by atoms with Crippen LogP contribution in [0.4, 0.5) is 0 Å². The molecular weight excluding hydrogens is 220 g/mol. The first-order chi connectivity index (χ1) is 4.72. The van der Waals surface area contributed by atoms with Gasteiger partial charge >= 0.3 is 0 Å². The lowest BCUT2D eigenvalue weighted by Gasteiger charge is -2.16. The lowest BCUT2D eigenvalue weighted by Crippen LogP contribution is -2.09. The summed E-state index contributed by atoms with van der Waals surface area (Å²) in [6, 6.07) is 0. The number of thiol groups is 3. The van der Waals surface area contributed by atoms with Gasteiger partial charge in [0.2, 0.25) is 0 Å². The van der Waals surface area contributed by atoms with Crippen LogP contribution in [0.15, 0.2) is 0 Å². The molecule has 0 saturated carbocycles. The maximum absolute atomic E-state index is 4.35. The van der Waals surface area contributed by atoms with Gasteiger partial charge in [-0.05, 0) is 0 Å². The average Bonchev–Trinajstić information content (AvgIpc) is 1.87. The van der Waals surface area contributed by atoms with E-state index in [0.29, 0.717) is 9.83 Å².